The zero-order chi connectivity index (χ0) is 24.6. The number of aryl methyl sites for hydroxylation is 1. The summed E-state index contributed by atoms with van der Waals surface area (Å²) in [6.45, 7) is 5.60. The van der Waals surface area contributed by atoms with Crippen molar-refractivity contribution in [2.75, 3.05) is 6.61 Å². The molecular formula is C26H33NO7. The number of rotatable bonds is 7. The number of ether oxygens (including phenoxy) is 2. The van der Waals surface area contributed by atoms with E-state index in [9.17, 15) is 25.5 Å². The normalized spacial score (nSPS) is 27.4. The molecule has 5 N–H and O–H groups in total. The molecule has 8 heteroatoms. The van der Waals surface area contributed by atoms with E-state index in [4.69, 9.17) is 9.47 Å². The number of aliphatic hydroxyl groups is 5. The number of hydrogen-bond donors (Lipinski definition) is 5. The molecular weight excluding hydrogens is 438 g/mol. The van der Waals surface area contributed by atoms with Crippen LogP contribution in [0, 0.1) is 0 Å². The van der Waals surface area contributed by atoms with Crippen molar-refractivity contribution in [3.8, 4) is 5.75 Å². The number of hydrogen-bond acceptors (Lipinski definition) is 7. The maximum atomic E-state index is 11.1. The Bertz CT molecular complexity index is 1130. The van der Waals surface area contributed by atoms with Crippen LogP contribution in [-0.4, -0.2) is 67.1 Å². The molecule has 8 nitrogen and oxygen atoms in total. The van der Waals surface area contributed by atoms with Crippen LogP contribution < -0.4 is 4.74 Å². The van der Waals surface area contributed by atoms with E-state index < -0.39 is 37.0 Å². The predicted octanol–water partition coefficient (Wildman–Crippen LogP) is 1.87. The first-order chi connectivity index (χ1) is 16.2. The van der Waals surface area contributed by atoms with Crippen molar-refractivity contribution in [3.63, 3.8) is 0 Å². The Morgan fingerprint density at radius 1 is 1.06 bits per heavy atom. The van der Waals surface area contributed by atoms with E-state index in [1.165, 1.54) is 5.56 Å². The van der Waals surface area contributed by atoms with Gasteiger partial charge in [0.05, 0.1) is 12.1 Å². The van der Waals surface area contributed by atoms with Gasteiger partial charge in [-0.2, -0.15) is 0 Å². The summed E-state index contributed by atoms with van der Waals surface area (Å²) in [5, 5.41) is 52.4. The van der Waals surface area contributed by atoms with Crippen LogP contribution in [0.5, 0.6) is 5.75 Å². The van der Waals surface area contributed by atoms with Crippen LogP contribution in [0.2, 0.25) is 0 Å². The number of aliphatic hydroxyl groups excluding tert-OH is 4. The van der Waals surface area contributed by atoms with E-state index in [1.54, 1.807) is 12.1 Å². The highest BCUT2D eigenvalue weighted by molar-refractivity contribution is 5.90. The first-order valence-electron chi connectivity index (χ1n) is 11.6. The molecule has 4 rings (SSSR count). The van der Waals surface area contributed by atoms with Crippen molar-refractivity contribution in [1.82, 2.24) is 4.57 Å². The fraction of sp³-hybridized carbons (Fsp3) is 0.462. The van der Waals surface area contributed by atoms with Crippen molar-refractivity contribution in [2.45, 2.75) is 70.0 Å². The summed E-state index contributed by atoms with van der Waals surface area (Å²) in [5.41, 5.74) is 4.17. The second-order valence-electron chi connectivity index (χ2n) is 9.15. The fourth-order valence-electron chi connectivity index (χ4n) is 4.49. The Labute approximate surface area is 198 Å². The molecule has 0 bridgehead atoms. The quantitative estimate of drug-likeness (QED) is 0.333. The topological polar surface area (TPSA) is 125 Å². The van der Waals surface area contributed by atoms with Crippen molar-refractivity contribution >= 4 is 10.9 Å². The molecule has 1 saturated heterocycles. The lowest BCUT2D eigenvalue weighted by molar-refractivity contribution is -0.385. The van der Waals surface area contributed by atoms with Gasteiger partial charge in [0.2, 0.25) is 6.29 Å². The lowest BCUT2D eigenvalue weighted by atomic mass is 9.95. The molecule has 184 valence electrons. The Kier molecular flexibility index (Phi) is 7.00. The average molecular weight is 472 g/mol. The molecule has 2 aromatic carbocycles. The van der Waals surface area contributed by atoms with Crippen molar-refractivity contribution in [1.29, 1.82) is 0 Å². The maximum absolute atomic E-state index is 11.1. The largest absolute Gasteiger partial charge is 0.454 e. The predicted molar refractivity (Wildman–Crippen MR) is 127 cm³/mol. The highest BCUT2D eigenvalue weighted by Crippen LogP contribution is 2.38. The SMILES string of the molecule is CCc1ccc(Cc2cn(C(C)C)c3cccc(O[C@]4(O)C(O)O[C@H](CO)[C@@H](O)[C@@H]4O)c23)cc1. The van der Waals surface area contributed by atoms with Gasteiger partial charge < -0.3 is 39.6 Å². The molecule has 2 heterocycles. The number of benzene rings is 2. The summed E-state index contributed by atoms with van der Waals surface area (Å²) < 4.78 is 13.1. The van der Waals surface area contributed by atoms with Gasteiger partial charge in [0.1, 0.15) is 18.0 Å². The molecule has 34 heavy (non-hydrogen) atoms. The van der Waals surface area contributed by atoms with E-state index >= 15 is 0 Å². The molecule has 0 spiro atoms. The van der Waals surface area contributed by atoms with Crippen LogP contribution in [-0.2, 0) is 17.6 Å². The Hall–Kier alpha value is -2.46. The minimum absolute atomic E-state index is 0.151. The molecule has 0 saturated carbocycles. The lowest BCUT2D eigenvalue weighted by Gasteiger charge is -2.45. The van der Waals surface area contributed by atoms with Gasteiger partial charge in [-0.1, -0.05) is 37.3 Å². The molecule has 0 aliphatic carbocycles. The highest BCUT2D eigenvalue weighted by atomic mass is 16.7. The molecule has 0 amide bonds. The molecule has 1 aromatic heterocycles. The van der Waals surface area contributed by atoms with Crippen LogP contribution >= 0.6 is 0 Å². The molecule has 1 aliphatic rings. The molecule has 1 aliphatic heterocycles. The number of nitrogens with zero attached hydrogens (tertiary/aromatic N) is 1. The third kappa shape index (κ3) is 4.33. The first kappa shape index (κ1) is 24.7. The molecule has 3 aromatic rings. The fourth-order valence-corrected chi connectivity index (χ4v) is 4.49. The minimum atomic E-state index is -2.64. The smallest absolute Gasteiger partial charge is 0.288 e. The van der Waals surface area contributed by atoms with Gasteiger partial charge in [-0.05, 0) is 55.5 Å². The average Bonchev–Trinajstić information content (AvgIpc) is 3.20. The van der Waals surface area contributed by atoms with Crippen molar-refractivity contribution in [3.05, 3.63) is 65.4 Å². The highest BCUT2D eigenvalue weighted by Gasteiger charge is 2.57. The standard InChI is InChI=1S/C26H33NO7/c1-4-16-8-10-17(11-9-16)12-18-13-27(15(2)3)19-6-5-7-20(22(18)19)34-26(32)24(30)23(29)21(14-28)33-25(26)31/h5-11,13,15,21,23-25,28-32H,4,12,14H2,1-3H3/t21-,23-,24+,25?,26+/m1/s1. The molecule has 5 atom stereocenters. The van der Waals surface area contributed by atoms with Gasteiger partial charge >= 0.3 is 0 Å². The summed E-state index contributed by atoms with van der Waals surface area (Å²) in [6.07, 6.45) is -3.21. The minimum Gasteiger partial charge on any atom is -0.454 e. The van der Waals surface area contributed by atoms with E-state index in [2.05, 4.69) is 49.6 Å². The van der Waals surface area contributed by atoms with Crippen LogP contribution in [0.1, 0.15) is 43.5 Å². The Balaban J connectivity index is 1.77. The van der Waals surface area contributed by atoms with Gasteiger partial charge in [-0.25, -0.2) is 0 Å². The monoisotopic (exact) mass is 471 g/mol. The van der Waals surface area contributed by atoms with Crippen molar-refractivity contribution < 1.29 is 35.0 Å². The second kappa shape index (κ2) is 9.65. The third-order valence-corrected chi connectivity index (χ3v) is 6.52. The zero-order valence-corrected chi connectivity index (χ0v) is 19.6. The summed E-state index contributed by atoms with van der Waals surface area (Å²) in [5.74, 6) is -2.41. The second-order valence-corrected chi connectivity index (χ2v) is 9.15. The van der Waals surface area contributed by atoms with Gasteiger partial charge in [0.15, 0.2) is 6.10 Å². The molecule has 1 unspecified atom stereocenters. The first-order valence-corrected chi connectivity index (χ1v) is 11.6. The van der Waals surface area contributed by atoms with Gasteiger partial charge in [0, 0.05) is 17.6 Å². The third-order valence-electron chi connectivity index (χ3n) is 6.52. The van der Waals surface area contributed by atoms with E-state index in [0.717, 1.165) is 28.5 Å². The summed E-state index contributed by atoms with van der Waals surface area (Å²) in [7, 11) is 0. The summed E-state index contributed by atoms with van der Waals surface area (Å²) in [4.78, 5) is 0. The molecule has 0 radical (unpaired) electrons. The van der Waals surface area contributed by atoms with Crippen molar-refractivity contribution in [2.24, 2.45) is 0 Å². The Morgan fingerprint density at radius 2 is 1.74 bits per heavy atom. The summed E-state index contributed by atoms with van der Waals surface area (Å²) in [6, 6.07) is 13.9. The van der Waals surface area contributed by atoms with E-state index in [1.807, 2.05) is 12.3 Å². The van der Waals surface area contributed by atoms with Crippen LogP contribution in [0.25, 0.3) is 10.9 Å². The summed E-state index contributed by atoms with van der Waals surface area (Å²) >= 11 is 0. The van der Waals surface area contributed by atoms with Gasteiger partial charge in [0.25, 0.3) is 5.79 Å². The molecule has 1 fully saturated rings. The van der Waals surface area contributed by atoms with Gasteiger partial charge in [-0.3, -0.25) is 0 Å². The zero-order valence-electron chi connectivity index (χ0n) is 19.6. The number of fused-ring (bicyclic) bond motifs is 1. The van der Waals surface area contributed by atoms with Crippen LogP contribution in [0.3, 0.4) is 0 Å². The van der Waals surface area contributed by atoms with Crippen LogP contribution in [0.4, 0.5) is 0 Å². The van der Waals surface area contributed by atoms with Gasteiger partial charge in [-0.15, -0.1) is 0 Å². The maximum Gasteiger partial charge on any atom is 0.288 e. The van der Waals surface area contributed by atoms with E-state index in [0.29, 0.717) is 6.42 Å². The Morgan fingerprint density at radius 3 is 2.35 bits per heavy atom. The van der Waals surface area contributed by atoms with E-state index in [-0.39, 0.29) is 11.8 Å². The van der Waals surface area contributed by atoms with Crippen LogP contribution in [0.15, 0.2) is 48.7 Å². The number of aromatic nitrogens is 1. The lowest BCUT2D eigenvalue weighted by Crippen LogP contribution is -2.69.